The molecular formula is C25H32F2O2. The van der Waals surface area contributed by atoms with Crippen LogP contribution in [0.4, 0.5) is 8.78 Å². The van der Waals surface area contributed by atoms with E-state index in [1.807, 2.05) is 36.4 Å². The molecule has 29 heavy (non-hydrogen) atoms. The lowest BCUT2D eigenvalue weighted by Crippen LogP contribution is -2.01. The van der Waals surface area contributed by atoms with Crippen molar-refractivity contribution < 1.29 is 18.3 Å². The molecule has 158 valence electrons. The zero-order valence-electron chi connectivity index (χ0n) is 17.3. The van der Waals surface area contributed by atoms with E-state index < -0.39 is 6.61 Å². The number of benzene rings is 2. The molecule has 0 aliphatic heterocycles. The zero-order valence-corrected chi connectivity index (χ0v) is 17.3. The number of hydrogen-bond acceptors (Lipinski definition) is 2. The Morgan fingerprint density at radius 2 is 1.17 bits per heavy atom. The maximum atomic E-state index is 12.2. The smallest absolute Gasteiger partial charge is 0.387 e. The van der Waals surface area contributed by atoms with Crippen LogP contribution in [0.5, 0.6) is 11.5 Å². The van der Waals surface area contributed by atoms with Crippen molar-refractivity contribution in [3.63, 3.8) is 0 Å². The molecule has 0 aliphatic carbocycles. The highest BCUT2D eigenvalue weighted by Gasteiger charge is 2.02. The molecule has 0 aliphatic rings. The van der Waals surface area contributed by atoms with Crippen molar-refractivity contribution in [2.75, 3.05) is 6.61 Å². The lowest BCUT2D eigenvalue weighted by atomic mass is 10.1. The van der Waals surface area contributed by atoms with Gasteiger partial charge < -0.3 is 9.47 Å². The molecule has 0 fully saturated rings. The number of alkyl halides is 2. The van der Waals surface area contributed by atoms with Crippen LogP contribution in [0, 0.1) is 0 Å². The molecule has 0 heterocycles. The van der Waals surface area contributed by atoms with Gasteiger partial charge in [0.05, 0.1) is 6.61 Å². The van der Waals surface area contributed by atoms with E-state index in [4.69, 9.17) is 4.74 Å². The normalized spacial score (nSPS) is 11.3. The van der Waals surface area contributed by atoms with Crippen LogP contribution in [0.1, 0.15) is 69.4 Å². The second-order valence-electron chi connectivity index (χ2n) is 7.17. The Morgan fingerprint density at radius 3 is 1.69 bits per heavy atom. The predicted octanol–water partition coefficient (Wildman–Crippen LogP) is 7.98. The maximum Gasteiger partial charge on any atom is 0.387 e. The van der Waals surface area contributed by atoms with Crippen molar-refractivity contribution in [1.29, 1.82) is 0 Å². The van der Waals surface area contributed by atoms with Gasteiger partial charge in [-0.1, -0.05) is 88.3 Å². The summed E-state index contributed by atoms with van der Waals surface area (Å²) in [6, 6.07) is 14.5. The largest absolute Gasteiger partial charge is 0.494 e. The van der Waals surface area contributed by atoms with Gasteiger partial charge in [-0.2, -0.15) is 8.78 Å². The van der Waals surface area contributed by atoms with E-state index in [0.717, 1.165) is 29.9 Å². The average molecular weight is 403 g/mol. The molecule has 0 atom stereocenters. The maximum absolute atomic E-state index is 12.2. The highest BCUT2D eigenvalue weighted by molar-refractivity contribution is 5.70. The van der Waals surface area contributed by atoms with E-state index in [0.29, 0.717) is 0 Å². The summed E-state index contributed by atoms with van der Waals surface area (Å²) >= 11 is 0. The quantitative estimate of drug-likeness (QED) is 0.235. The van der Waals surface area contributed by atoms with Gasteiger partial charge in [0, 0.05) is 0 Å². The van der Waals surface area contributed by atoms with Gasteiger partial charge in [-0.05, 0) is 41.8 Å². The summed E-state index contributed by atoms with van der Waals surface area (Å²) in [5.41, 5.74) is 1.97. The third-order valence-electron chi connectivity index (χ3n) is 4.72. The molecule has 0 N–H and O–H groups in total. The van der Waals surface area contributed by atoms with Gasteiger partial charge in [-0.15, -0.1) is 0 Å². The number of halogens is 2. The van der Waals surface area contributed by atoms with Crippen LogP contribution in [0.25, 0.3) is 12.2 Å². The van der Waals surface area contributed by atoms with Crippen molar-refractivity contribution in [2.45, 2.75) is 64.9 Å². The van der Waals surface area contributed by atoms with E-state index in [9.17, 15) is 8.78 Å². The third kappa shape index (κ3) is 10.1. The first-order valence-electron chi connectivity index (χ1n) is 10.6. The second-order valence-corrected chi connectivity index (χ2v) is 7.17. The second kappa shape index (κ2) is 13.8. The van der Waals surface area contributed by atoms with Crippen molar-refractivity contribution in [3.8, 4) is 11.5 Å². The first kappa shape index (κ1) is 22.9. The van der Waals surface area contributed by atoms with Crippen molar-refractivity contribution in [1.82, 2.24) is 0 Å². The molecule has 4 heteroatoms. The molecule has 2 rings (SSSR count). The van der Waals surface area contributed by atoms with E-state index in [-0.39, 0.29) is 5.75 Å². The molecule has 0 unspecified atom stereocenters. The Labute approximate surface area is 173 Å². The fraction of sp³-hybridized carbons (Fsp3) is 0.440. The summed E-state index contributed by atoms with van der Waals surface area (Å²) in [5, 5.41) is 0. The van der Waals surface area contributed by atoms with Crippen molar-refractivity contribution in [3.05, 3.63) is 59.7 Å². The van der Waals surface area contributed by atoms with Crippen molar-refractivity contribution in [2.24, 2.45) is 0 Å². The lowest BCUT2D eigenvalue weighted by Gasteiger charge is -2.06. The first-order chi connectivity index (χ1) is 14.2. The minimum absolute atomic E-state index is 0.162. The highest BCUT2D eigenvalue weighted by atomic mass is 19.3. The fourth-order valence-corrected chi connectivity index (χ4v) is 3.05. The third-order valence-corrected chi connectivity index (χ3v) is 4.72. The van der Waals surface area contributed by atoms with Crippen LogP contribution < -0.4 is 9.47 Å². The van der Waals surface area contributed by atoms with E-state index in [1.54, 1.807) is 12.1 Å². The number of unbranched alkanes of at least 4 members (excludes halogenated alkanes) is 7. The summed E-state index contributed by atoms with van der Waals surface area (Å²) in [5.74, 6) is 1.05. The molecule has 0 amide bonds. The minimum Gasteiger partial charge on any atom is -0.494 e. The predicted molar refractivity (Wildman–Crippen MR) is 117 cm³/mol. The van der Waals surface area contributed by atoms with E-state index >= 15 is 0 Å². The molecule has 2 aromatic carbocycles. The number of ether oxygens (including phenoxy) is 2. The average Bonchev–Trinajstić information content (AvgIpc) is 2.72. The Hall–Kier alpha value is -2.36. The van der Waals surface area contributed by atoms with Crippen LogP contribution in [0.2, 0.25) is 0 Å². The molecule has 0 aromatic heterocycles. The molecular weight excluding hydrogens is 370 g/mol. The van der Waals surface area contributed by atoms with Gasteiger partial charge >= 0.3 is 6.61 Å². The van der Waals surface area contributed by atoms with Crippen molar-refractivity contribution >= 4 is 12.2 Å². The Bertz CT molecular complexity index is 694. The topological polar surface area (TPSA) is 18.5 Å². The van der Waals surface area contributed by atoms with Gasteiger partial charge in [-0.3, -0.25) is 0 Å². The van der Waals surface area contributed by atoms with Crippen LogP contribution in [-0.2, 0) is 0 Å². The SMILES string of the molecule is CCCCCCCCCCOc1ccc(C=Cc2ccc(OC(F)F)cc2)cc1. The molecule has 0 bridgehead atoms. The number of rotatable bonds is 14. The Morgan fingerprint density at radius 1 is 0.690 bits per heavy atom. The molecule has 0 saturated heterocycles. The van der Waals surface area contributed by atoms with Crippen LogP contribution in [0.15, 0.2) is 48.5 Å². The fourth-order valence-electron chi connectivity index (χ4n) is 3.05. The molecule has 0 spiro atoms. The first-order valence-corrected chi connectivity index (χ1v) is 10.6. The molecule has 0 radical (unpaired) electrons. The summed E-state index contributed by atoms with van der Waals surface area (Å²) < 4.78 is 34.5. The summed E-state index contributed by atoms with van der Waals surface area (Å²) in [6.07, 6.45) is 14.3. The van der Waals surface area contributed by atoms with Gasteiger partial charge in [0.1, 0.15) is 11.5 Å². The zero-order chi connectivity index (χ0) is 20.7. The standard InChI is InChI=1S/C25H32F2O2/c1-2-3-4-5-6-7-8-9-20-28-23-16-12-21(13-17-23)10-11-22-14-18-24(19-15-22)29-25(26)27/h10-19,25H,2-9,20H2,1H3. The van der Waals surface area contributed by atoms with Crippen LogP contribution >= 0.6 is 0 Å². The molecule has 2 nitrogen and oxygen atoms in total. The van der Waals surface area contributed by atoms with Gasteiger partial charge in [0.2, 0.25) is 0 Å². The molecule has 2 aromatic rings. The lowest BCUT2D eigenvalue weighted by molar-refractivity contribution is -0.0498. The van der Waals surface area contributed by atoms with E-state index in [2.05, 4.69) is 11.7 Å². The summed E-state index contributed by atoms with van der Waals surface area (Å²) in [7, 11) is 0. The molecule has 0 saturated carbocycles. The Kier molecular flexibility index (Phi) is 10.9. The van der Waals surface area contributed by atoms with Gasteiger partial charge in [0.25, 0.3) is 0 Å². The highest BCUT2D eigenvalue weighted by Crippen LogP contribution is 2.18. The van der Waals surface area contributed by atoms with Gasteiger partial charge in [0.15, 0.2) is 0 Å². The Balaban J connectivity index is 1.66. The summed E-state index contributed by atoms with van der Waals surface area (Å²) in [6.45, 7) is 0.208. The van der Waals surface area contributed by atoms with Gasteiger partial charge in [-0.25, -0.2) is 0 Å². The monoisotopic (exact) mass is 402 g/mol. The minimum atomic E-state index is -2.80. The van der Waals surface area contributed by atoms with Crippen LogP contribution in [0.3, 0.4) is 0 Å². The van der Waals surface area contributed by atoms with E-state index in [1.165, 1.54) is 57.1 Å². The number of hydrogen-bond donors (Lipinski definition) is 0. The summed E-state index contributed by atoms with van der Waals surface area (Å²) in [4.78, 5) is 0. The van der Waals surface area contributed by atoms with Crippen LogP contribution in [-0.4, -0.2) is 13.2 Å².